The number of aromatic nitrogens is 1. The Morgan fingerprint density at radius 3 is 1.97 bits per heavy atom. The van der Waals surface area contributed by atoms with E-state index in [-0.39, 0.29) is 48.5 Å². The molecule has 61 heavy (non-hydrogen) atoms. The molecule has 1 aliphatic rings. The van der Waals surface area contributed by atoms with Gasteiger partial charge in [-0.05, 0) is 93.4 Å². The molecule has 0 spiro atoms. The quantitative estimate of drug-likeness (QED) is 0.0514. The van der Waals surface area contributed by atoms with E-state index in [1.165, 1.54) is 59.9 Å². The van der Waals surface area contributed by atoms with Crippen LogP contribution in [-0.2, 0) is 54.3 Å². The topological polar surface area (TPSA) is 235 Å². The minimum Gasteiger partial charge on any atom is -0.466 e. The molecule has 2 aromatic carbocycles. The zero-order valence-electron chi connectivity index (χ0n) is 35.9. The highest BCUT2D eigenvalue weighted by Crippen LogP contribution is 2.26. The first-order valence-electron chi connectivity index (χ1n) is 19.4. The number of Topliss-reactive ketones (excluding diaryl/α,β-unsaturated/α-hetero) is 1. The monoisotopic (exact) mass is 864 g/mol. The van der Waals surface area contributed by atoms with E-state index in [0.29, 0.717) is 27.7 Å². The van der Waals surface area contributed by atoms with Gasteiger partial charge in [0.05, 0.1) is 35.7 Å². The van der Waals surface area contributed by atoms with E-state index in [1.807, 2.05) is 0 Å². The van der Waals surface area contributed by atoms with Crippen molar-refractivity contribution >= 4 is 58.8 Å². The Morgan fingerprint density at radius 1 is 0.885 bits per heavy atom. The Labute approximate surface area is 357 Å². The van der Waals surface area contributed by atoms with Gasteiger partial charge in [0.1, 0.15) is 21.8 Å². The molecule has 1 aliphatic heterocycles. The smallest absolute Gasteiger partial charge is 0.436 e. The van der Waals surface area contributed by atoms with E-state index < -0.39 is 69.8 Å². The summed E-state index contributed by atoms with van der Waals surface area (Å²) < 4.78 is 21.4. The molecule has 0 saturated carbocycles. The Kier molecular flexibility index (Phi) is 15.2. The van der Waals surface area contributed by atoms with Crippen molar-refractivity contribution in [2.75, 3.05) is 6.61 Å². The number of fused-ring (bicyclic) bond motifs is 1. The zero-order valence-corrected chi connectivity index (χ0v) is 36.7. The van der Waals surface area contributed by atoms with Crippen LogP contribution in [0.3, 0.4) is 0 Å². The first kappa shape index (κ1) is 47.6. The van der Waals surface area contributed by atoms with Gasteiger partial charge in [-0.3, -0.25) is 24.5 Å². The Balaban J connectivity index is 1.68. The molecular weight excluding hydrogens is 813 g/mol. The number of ether oxygens (including phenoxy) is 4. The molecule has 3 aromatic rings. The normalized spacial score (nSPS) is 14.8. The van der Waals surface area contributed by atoms with E-state index >= 15 is 0 Å². The molecule has 0 radical (unpaired) electrons. The van der Waals surface area contributed by atoms with Crippen LogP contribution in [0.15, 0.2) is 53.5 Å². The first-order valence-corrected chi connectivity index (χ1v) is 20.3. The van der Waals surface area contributed by atoms with Crippen LogP contribution in [0, 0.1) is 10.1 Å². The lowest BCUT2D eigenvalue weighted by molar-refractivity contribution is -0.384. The van der Waals surface area contributed by atoms with Crippen molar-refractivity contribution < 1.29 is 52.6 Å². The molecule has 0 aliphatic carbocycles. The second-order valence-electron chi connectivity index (χ2n) is 16.9. The minimum atomic E-state index is -1.20. The number of nitro groups is 1. The number of rotatable bonds is 11. The first-order chi connectivity index (χ1) is 28.3. The number of esters is 1. The molecule has 2 atom stereocenters. The summed E-state index contributed by atoms with van der Waals surface area (Å²) in [6, 6.07) is 9.06. The van der Waals surface area contributed by atoms with E-state index in [4.69, 9.17) is 18.9 Å². The lowest BCUT2D eigenvalue weighted by Crippen LogP contribution is -2.52. The number of nitro benzene ring substituents is 1. The number of amidine groups is 1. The van der Waals surface area contributed by atoms with Gasteiger partial charge in [-0.25, -0.2) is 19.4 Å². The maximum absolute atomic E-state index is 14.2. The molecule has 2 N–H and O–H groups in total. The molecule has 0 bridgehead atoms. The maximum Gasteiger partial charge on any atom is 0.436 e. The molecule has 1 unspecified atom stereocenters. The summed E-state index contributed by atoms with van der Waals surface area (Å²) in [4.78, 5) is 101. The van der Waals surface area contributed by atoms with Gasteiger partial charge in [-0.15, -0.1) is 11.3 Å². The SMILES string of the molecule is CCOC(=O)Cc1nc2c(s1)CNC(C(=O)[C@H](Cc1ccc([N+](=O)[O-])cc1)NC(=O)c1ccc(C(=NC(=O)OC(C)(C)C)N(C(=O)OC(C)(C)C)C(=O)OC(C)(C)C)cc1)C2. The number of non-ortho nitro benzene ring substituents is 1. The summed E-state index contributed by atoms with van der Waals surface area (Å²) in [5.41, 5.74) is -2.06. The Morgan fingerprint density at radius 2 is 1.44 bits per heavy atom. The second kappa shape index (κ2) is 19.5. The molecule has 1 aromatic heterocycles. The molecule has 2 heterocycles. The number of carbonyl (C=O) groups is 6. The number of benzene rings is 2. The highest BCUT2D eigenvalue weighted by atomic mass is 32.1. The molecule has 4 rings (SSSR count). The fourth-order valence-electron chi connectivity index (χ4n) is 5.77. The van der Waals surface area contributed by atoms with Gasteiger partial charge in [0.15, 0.2) is 11.6 Å². The predicted octanol–water partition coefficient (Wildman–Crippen LogP) is 6.64. The highest BCUT2D eigenvalue weighted by molar-refractivity contribution is 7.11. The van der Waals surface area contributed by atoms with Crippen LogP contribution in [0.5, 0.6) is 0 Å². The van der Waals surface area contributed by atoms with E-state index in [1.54, 1.807) is 69.2 Å². The summed E-state index contributed by atoms with van der Waals surface area (Å²) in [6.45, 7) is 16.6. The van der Waals surface area contributed by atoms with Gasteiger partial charge in [-0.2, -0.15) is 9.89 Å². The van der Waals surface area contributed by atoms with Gasteiger partial charge in [0, 0.05) is 41.1 Å². The Hall–Kier alpha value is -6.08. The maximum atomic E-state index is 14.2. The van der Waals surface area contributed by atoms with Crippen LogP contribution in [0.2, 0.25) is 0 Å². The second-order valence-corrected chi connectivity index (χ2v) is 18.1. The number of nitrogens with one attached hydrogen (secondary N) is 2. The van der Waals surface area contributed by atoms with Crippen molar-refractivity contribution in [2.24, 2.45) is 4.99 Å². The Bertz CT molecular complexity index is 2140. The van der Waals surface area contributed by atoms with Crippen LogP contribution < -0.4 is 10.6 Å². The van der Waals surface area contributed by atoms with Crippen molar-refractivity contribution in [2.45, 2.75) is 124 Å². The number of ketones is 1. The number of aliphatic imine (C=N–C) groups is 1. The summed E-state index contributed by atoms with van der Waals surface area (Å²) >= 11 is 1.34. The highest BCUT2D eigenvalue weighted by Gasteiger charge is 2.37. The number of hydrogen-bond acceptors (Lipinski definition) is 15. The van der Waals surface area contributed by atoms with Crippen molar-refractivity contribution in [3.05, 3.63) is 90.9 Å². The largest absolute Gasteiger partial charge is 0.466 e. The summed E-state index contributed by atoms with van der Waals surface area (Å²) in [5.74, 6) is -1.99. The number of thiazole rings is 1. The van der Waals surface area contributed by atoms with E-state index in [9.17, 15) is 38.9 Å². The van der Waals surface area contributed by atoms with Crippen LogP contribution in [-0.4, -0.2) is 92.1 Å². The molecule has 0 saturated heterocycles. The average Bonchev–Trinajstić information content (AvgIpc) is 3.53. The van der Waals surface area contributed by atoms with Crippen LogP contribution >= 0.6 is 11.3 Å². The minimum absolute atomic E-state index is 0.00384. The van der Waals surface area contributed by atoms with E-state index in [0.717, 1.165) is 4.88 Å². The van der Waals surface area contributed by atoms with Crippen LogP contribution in [0.1, 0.15) is 106 Å². The van der Waals surface area contributed by atoms with E-state index in [2.05, 4.69) is 20.6 Å². The molecule has 18 nitrogen and oxygen atoms in total. The van der Waals surface area contributed by atoms with Crippen molar-refractivity contribution in [3.63, 3.8) is 0 Å². The number of hydrogen-bond donors (Lipinski definition) is 2. The molecule has 4 amide bonds. The summed E-state index contributed by atoms with van der Waals surface area (Å²) in [7, 11) is 0. The van der Waals surface area contributed by atoms with Crippen LogP contribution in [0.25, 0.3) is 0 Å². The fraction of sp³-hybridized carbons (Fsp3) is 0.476. The molecule has 19 heteroatoms. The lowest BCUT2D eigenvalue weighted by Gasteiger charge is -2.29. The number of carbonyl (C=O) groups excluding carboxylic acids is 6. The number of amides is 4. The lowest BCUT2D eigenvalue weighted by atomic mass is 9.93. The number of nitrogens with zero attached hydrogens (tertiary/aromatic N) is 4. The van der Waals surface area contributed by atoms with Crippen molar-refractivity contribution in [1.82, 2.24) is 20.5 Å². The third kappa shape index (κ3) is 14.3. The summed E-state index contributed by atoms with van der Waals surface area (Å²) in [6.07, 6.45) is -3.38. The average molecular weight is 865 g/mol. The molecule has 0 fully saturated rings. The zero-order chi connectivity index (χ0) is 45.4. The van der Waals surface area contributed by atoms with Crippen molar-refractivity contribution in [3.8, 4) is 0 Å². The predicted molar refractivity (Wildman–Crippen MR) is 223 cm³/mol. The third-order valence-electron chi connectivity index (χ3n) is 8.27. The standard InChI is InChI=1S/C42H52N6O12S/c1-11-57-33(49)22-32-44-28-21-29(43-23-31(28)61-32)34(50)30(20-24-12-18-27(19-13-24)48(55)56)45-36(51)26-16-14-25(15-17-26)35(46-37(52)58-40(2,3)4)47(38(53)59-41(5,6)7)39(54)60-42(8,9)10/h12-19,29-30,43H,11,20-23H2,1-10H3,(H,45,51)/t29?,30-/m0/s1. The van der Waals surface area contributed by atoms with Gasteiger partial charge < -0.3 is 29.6 Å². The fourth-order valence-corrected chi connectivity index (χ4v) is 6.81. The van der Waals surface area contributed by atoms with Gasteiger partial charge in [-0.1, -0.05) is 24.3 Å². The summed E-state index contributed by atoms with van der Waals surface area (Å²) in [5, 5.41) is 17.9. The molecule has 328 valence electrons. The third-order valence-corrected chi connectivity index (χ3v) is 9.37. The van der Waals surface area contributed by atoms with Gasteiger partial charge >= 0.3 is 24.2 Å². The van der Waals surface area contributed by atoms with Gasteiger partial charge in [0.2, 0.25) is 0 Å². The van der Waals surface area contributed by atoms with Crippen molar-refractivity contribution in [1.29, 1.82) is 0 Å². The van der Waals surface area contributed by atoms with Crippen LogP contribution in [0.4, 0.5) is 20.1 Å². The molecular formula is C42H52N6O12S. The number of imide groups is 1. The van der Waals surface area contributed by atoms with Gasteiger partial charge in [0.25, 0.3) is 11.6 Å².